The monoisotopic (exact) mass is 304 g/mol. The molecule has 0 aliphatic carbocycles. The van der Waals surface area contributed by atoms with Crippen LogP contribution in [-0.2, 0) is 12.1 Å². The van der Waals surface area contributed by atoms with Gasteiger partial charge in [-0.2, -0.15) is 0 Å². The lowest BCUT2D eigenvalue weighted by atomic mass is 9.93. The Balaban J connectivity index is 2.32. The summed E-state index contributed by atoms with van der Waals surface area (Å²) in [6, 6.07) is 10.6. The smallest absolute Gasteiger partial charge is 0.128 e. The molecule has 1 N–H and O–H groups in total. The highest BCUT2D eigenvalue weighted by Crippen LogP contribution is 2.28. The Morgan fingerprint density at radius 1 is 1.18 bits per heavy atom. The van der Waals surface area contributed by atoms with E-state index in [0.717, 1.165) is 12.1 Å². The normalized spacial score (nSPS) is 14.3. The summed E-state index contributed by atoms with van der Waals surface area (Å²) < 4.78 is 15.8. The van der Waals surface area contributed by atoms with Crippen molar-refractivity contribution < 1.29 is 9.50 Å². The van der Waals surface area contributed by atoms with Crippen LogP contribution in [0.15, 0.2) is 42.6 Å². The highest BCUT2D eigenvalue weighted by Gasteiger charge is 2.31. The van der Waals surface area contributed by atoms with Crippen LogP contribution in [0.5, 0.6) is 0 Å². The summed E-state index contributed by atoms with van der Waals surface area (Å²) in [7, 11) is 3.90. The first-order chi connectivity index (χ1) is 10.5. The summed E-state index contributed by atoms with van der Waals surface area (Å²) in [5, 5.41) is 11.1. The van der Waals surface area contributed by atoms with Gasteiger partial charge in [0.2, 0.25) is 0 Å². The molecule has 0 fully saturated rings. The lowest BCUT2D eigenvalue weighted by Crippen LogP contribution is -2.39. The summed E-state index contributed by atoms with van der Waals surface area (Å²) in [5.41, 5.74) is 0.544. The predicted molar refractivity (Wildman–Crippen MR) is 87.3 cm³/mol. The molecule has 0 aliphatic heterocycles. The minimum absolute atomic E-state index is 0.214. The zero-order valence-corrected chi connectivity index (χ0v) is 13.6. The highest BCUT2D eigenvalue weighted by atomic mass is 19.1. The molecule has 0 bridgehead atoms. The van der Waals surface area contributed by atoms with Crippen LogP contribution in [0, 0.1) is 5.82 Å². The van der Waals surface area contributed by atoms with E-state index in [4.69, 9.17) is 0 Å². The number of benzene rings is 1. The third kappa shape index (κ3) is 3.76. The van der Waals surface area contributed by atoms with E-state index in [1.807, 2.05) is 48.0 Å². The first kappa shape index (κ1) is 16.7. The Labute approximate surface area is 132 Å². The third-order valence-electron chi connectivity index (χ3n) is 3.85. The number of aliphatic hydroxyl groups is 1. The maximum absolute atomic E-state index is 13.9. The molecule has 22 heavy (non-hydrogen) atoms. The van der Waals surface area contributed by atoms with Crippen molar-refractivity contribution in [2.45, 2.75) is 31.9 Å². The molecule has 4 heteroatoms. The lowest BCUT2D eigenvalue weighted by Gasteiger charge is -2.32. The van der Waals surface area contributed by atoms with Crippen molar-refractivity contribution in [1.29, 1.82) is 0 Å². The van der Waals surface area contributed by atoms with Crippen LogP contribution in [0.4, 0.5) is 4.39 Å². The van der Waals surface area contributed by atoms with Crippen LogP contribution in [0.2, 0.25) is 0 Å². The molecule has 1 atom stereocenters. The van der Waals surface area contributed by atoms with Gasteiger partial charge in [0.15, 0.2) is 0 Å². The number of aromatic nitrogens is 1. The standard InChI is InChI=1S/C18H25FN2O/c1-4-11-18(22,14-20(2)3)17-10-7-12-21(17)13-15-8-5-6-9-16(15)19/h5-10,12,22H,4,11,13-14H2,1-3H3. The first-order valence-electron chi connectivity index (χ1n) is 7.72. The minimum Gasteiger partial charge on any atom is -0.382 e. The third-order valence-corrected chi connectivity index (χ3v) is 3.85. The molecule has 0 aliphatic rings. The van der Waals surface area contributed by atoms with Gasteiger partial charge in [-0.3, -0.25) is 0 Å². The summed E-state index contributed by atoms with van der Waals surface area (Å²) in [5.74, 6) is -0.214. The Morgan fingerprint density at radius 3 is 2.55 bits per heavy atom. The minimum atomic E-state index is -0.924. The van der Waals surface area contributed by atoms with Gasteiger partial charge in [-0.15, -0.1) is 0 Å². The summed E-state index contributed by atoms with van der Waals surface area (Å²) in [6.45, 7) is 3.03. The zero-order chi connectivity index (χ0) is 16.2. The molecule has 1 aromatic carbocycles. The van der Waals surface area contributed by atoms with Crippen molar-refractivity contribution >= 4 is 0 Å². The van der Waals surface area contributed by atoms with Gasteiger partial charge < -0.3 is 14.6 Å². The van der Waals surface area contributed by atoms with Gasteiger partial charge in [0.1, 0.15) is 11.4 Å². The number of hydrogen-bond acceptors (Lipinski definition) is 2. The van der Waals surface area contributed by atoms with Crippen molar-refractivity contribution in [3.8, 4) is 0 Å². The topological polar surface area (TPSA) is 28.4 Å². The van der Waals surface area contributed by atoms with Gasteiger partial charge in [-0.25, -0.2) is 4.39 Å². The molecular formula is C18H25FN2O. The molecule has 2 rings (SSSR count). The van der Waals surface area contributed by atoms with Crippen molar-refractivity contribution in [2.24, 2.45) is 0 Å². The second-order valence-electron chi connectivity index (χ2n) is 6.13. The van der Waals surface area contributed by atoms with Crippen LogP contribution in [0.1, 0.15) is 31.0 Å². The predicted octanol–water partition coefficient (Wildman–Crippen LogP) is 3.22. The SMILES string of the molecule is CCCC(O)(CN(C)C)c1cccn1Cc1ccccc1F. The van der Waals surface area contributed by atoms with E-state index in [9.17, 15) is 9.50 Å². The van der Waals surface area contributed by atoms with E-state index in [1.54, 1.807) is 12.1 Å². The van der Waals surface area contributed by atoms with Crippen LogP contribution in [-0.4, -0.2) is 35.2 Å². The number of nitrogens with zero attached hydrogens (tertiary/aromatic N) is 2. The fraction of sp³-hybridized carbons (Fsp3) is 0.444. The van der Waals surface area contributed by atoms with Gasteiger partial charge in [0, 0.05) is 18.3 Å². The molecule has 120 valence electrons. The zero-order valence-electron chi connectivity index (χ0n) is 13.6. The highest BCUT2D eigenvalue weighted by molar-refractivity contribution is 5.22. The van der Waals surface area contributed by atoms with Gasteiger partial charge >= 0.3 is 0 Å². The van der Waals surface area contributed by atoms with E-state index in [0.29, 0.717) is 25.1 Å². The Morgan fingerprint density at radius 2 is 1.91 bits per heavy atom. The van der Waals surface area contributed by atoms with E-state index in [1.165, 1.54) is 6.07 Å². The number of hydrogen-bond donors (Lipinski definition) is 1. The second kappa shape index (κ2) is 7.07. The molecule has 3 nitrogen and oxygen atoms in total. The molecule has 0 saturated carbocycles. The Hall–Kier alpha value is -1.65. The van der Waals surface area contributed by atoms with E-state index >= 15 is 0 Å². The molecule has 0 radical (unpaired) electrons. The summed E-state index contributed by atoms with van der Waals surface area (Å²) >= 11 is 0. The van der Waals surface area contributed by atoms with Crippen molar-refractivity contribution in [3.63, 3.8) is 0 Å². The fourth-order valence-electron chi connectivity index (χ4n) is 3.01. The van der Waals surface area contributed by atoms with Crippen molar-refractivity contribution in [2.75, 3.05) is 20.6 Å². The maximum atomic E-state index is 13.9. The van der Waals surface area contributed by atoms with Crippen LogP contribution >= 0.6 is 0 Å². The second-order valence-corrected chi connectivity index (χ2v) is 6.13. The Bertz CT molecular complexity index is 609. The molecule has 0 saturated heterocycles. The lowest BCUT2D eigenvalue weighted by molar-refractivity contribution is -0.00398. The average molecular weight is 304 g/mol. The average Bonchev–Trinajstić information content (AvgIpc) is 2.90. The van der Waals surface area contributed by atoms with E-state index < -0.39 is 5.60 Å². The first-order valence-corrected chi connectivity index (χ1v) is 7.72. The number of rotatable bonds is 7. The van der Waals surface area contributed by atoms with E-state index in [2.05, 4.69) is 6.92 Å². The molecule has 0 amide bonds. The molecule has 1 aromatic heterocycles. The molecular weight excluding hydrogens is 279 g/mol. The van der Waals surface area contributed by atoms with E-state index in [-0.39, 0.29) is 5.82 Å². The largest absolute Gasteiger partial charge is 0.382 e. The number of halogens is 1. The molecule has 2 aromatic rings. The number of likely N-dealkylation sites (N-methyl/N-ethyl adjacent to an activating group) is 1. The van der Waals surface area contributed by atoms with Gasteiger partial charge in [0.05, 0.1) is 12.2 Å². The fourth-order valence-corrected chi connectivity index (χ4v) is 3.01. The van der Waals surface area contributed by atoms with Gasteiger partial charge in [-0.05, 0) is 38.7 Å². The molecule has 0 spiro atoms. The molecule has 1 unspecified atom stereocenters. The Kier molecular flexibility index (Phi) is 5.37. The van der Waals surface area contributed by atoms with Crippen molar-refractivity contribution in [3.05, 3.63) is 59.7 Å². The van der Waals surface area contributed by atoms with Gasteiger partial charge in [-0.1, -0.05) is 31.5 Å². The maximum Gasteiger partial charge on any atom is 0.128 e. The summed E-state index contributed by atoms with van der Waals surface area (Å²) in [4.78, 5) is 1.98. The van der Waals surface area contributed by atoms with Crippen LogP contribution < -0.4 is 0 Å². The van der Waals surface area contributed by atoms with Crippen LogP contribution in [0.3, 0.4) is 0 Å². The van der Waals surface area contributed by atoms with Crippen molar-refractivity contribution in [1.82, 2.24) is 9.47 Å². The van der Waals surface area contributed by atoms with Crippen LogP contribution in [0.25, 0.3) is 0 Å². The van der Waals surface area contributed by atoms with Gasteiger partial charge in [0.25, 0.3) is 0 Å². The summed E-state index contributed by atoms with van der Waals surface area (Å²) in [6.07, 6.45) is 3.46. The molecule has 1 heterocycles. The quantitative estimate of drug-likeness (QED) is 0.851.